The molecule has 4 nitrogen and oxygen atoms in total. The Hall–Kier alpha value is -0.610. The van der Waals surface area contributed by atoms with Crippen LogP contribution in [0.25, 0.3) is 0 Å². The molecule has 1 rings (SSSR count). The maximum Gasteiger partial charge on any atom is 0.302 e. The van der Waals surface area contributed by atoms with Crippen LogP contribution in [0.4, 0.5) is 0 Å². The number of ether oxygens (including phenoxy) is 2. The fourth-order valence-corrected chi connectivity index (χ4v) is 3.30. The lowest BCUT2D eigenvalue weighted by Gasteiger charge is -2.43. The van der Waals surface area contributed by atoms with Gasteiger partial charge in [0.2, 0.25) is 0 Å². The van der Waals surface area contributed by atoms with E-state index in [9.17, 15) is 4.79 Å². The second-order valence-corrected chi connectivity index (χ2v) is 6.63. The van der Waals surface area contributed by atoms with Gasteiger partial charge in [-0.05, 0) is 55.9 Å². The van der Waals surface area contributed by atoms with Crippen molar-refractivity contribution in [2.75, 3.05) is 19.8 Å². The van der Waals surface area contributed by atoms with Crippen molar-refractivity contribution in [3.63, 3.8) is 0 Å². The molecule has 0 aromatic carbocycles. The second-order valence-electron chi connectivity index (χ2n) is 6.63. The van der Waals surface area contributed by atoms with Crippen LogP contribution in [0.5, 0.6) is 0 Å². The Balaban J connectivity index is 2.44. The lowest BCUT2D eigenvalue weighted by Crippen LogP contribution is -2.42. The lowest BCUT2D eigenvalue weighted by atomic mass is 9.67. The van der Waals surface area contributed by atoms with E-state index in [1.54, 1.807) is 0 Å². The third-order valence-electron chi connectivity index (χ3n) is 5.20. The number of hydrogen-bond donors (Lipinski definition) is 1. The summed E-state index contributed by atoms with van der Waals surface area (Å²) in [6, 6.07) is 0. The molecule has 21 heavy (non-hydrogen) atoms. The lowest BCUT2D eigenvalue weighted by molar-refractivity contribution is -0.146. The van der Waals surface area contributed by atoms with Crippen LogP contribution < -0.4 is 5.73 Å². The molecule has 1 aliphatic rings. The highest BCUT2D eigenvalue weighted by Crippen LogP contribution is 2.40. The average Bonchev–Trinajstić information content (AvgIpc) is 2.45. The summed E-state index contributed by atoms with van der Waals surface area (Å²) in [5.41, 5.74) is 5.50. The molecule has 2 unspecified atom stereocenters. The maximum atomic E-state index is 11.0. The van der Waals surface area contributed by atoms with Gasteiger partial charge in [-0.3, -0.25) is 4.79 Å². The van der Waals surface area contributed by atoms with E-state index in [-0.39, 0.29) is 12.1 Å². The number of carbonyl (C=O) groups is 1. The summed E-state index contributed by atoms with van der Waals surface area (Å²) in [6.45, 7) is 10.4. The molecule has 0 amide bonds. The zero-order chi connectivity index (χ0) is 15.8. The first-order valence-corrected chi connectivity index (χ1v) is 8.42. The third-order valence-corrected chi connectivity index (χ3v) is 5.20. The predicted octanol–water partition coefficient (Wildman–Crippen LogP) is 2.99. The maximum absolute atomic E-state index is 11.0. The highest BCUT2D eigenvalue weighted by Gasteiger charge is 2.38. The molecule has 2 N–H and O–H groups in total. The summed E-state index contributed by atoms with van der Waals surface area (Å²) in [7, 11) is 0. The van der Waals surface area contributed by atoms with Gasteiger partial charge >= 0.3 is 5.97 Å². The van der Waals surface area contributed by atoms with E-state index in [4.69, 9.17) is 15.2 Å². The smallest absolute Gasteiger partial charge is 0.302 e. The van der Waals surface area contributed by atoms with Gasteiger partial charge in [0, 0.05) is 13.5 Å². The molecule has 124 valence electrons. The molecule has 1 saturated carbocycles. The van der Waals surface area contributed by atoms with Crippen LogP contribution in [0, 0.1) is 23.7 Å². The quantitative estimate of drug-likeness (QED) is 0.553. The minimum Gasteiger partial charge on any atom is -0.466 e. The molecule has 4 heteroatoms. The van der Waals surface area contributed by atoms with Gasteiger partial charge in [0.05, 0.1) is 12.7 Å². The monoisotopic (exact) mass is 299 g/mol. The standard InChI is InChI=1S/C17H33NO3/c1-12-13(2)16(11-21-15(4)19)10-17(14(12)3)20-9-7-5-6-8-18/h12-14,16-17H,5-11,18H2,1-4H3/t12-,13+,14?,16?,17+/m0/s1. The number of carbonyl (C=O) groups excluding carboxylic acids is 1. The van der Waals surface area contributed by atoms with Crippen molar-refractivity contribution in [2.24, 2.45) is 29.4 Å². The van der Waals surface area contributed by atoms with Gasteiger partial charge in [-0.15, -0.1) is 0 Å². The van der Waals surface area contributed by atoms with E-state index >= 15 is 0 Å². The third kappa shape index (κ3) is 5.95. The van der Waals surface area contributed by atoms with Crippen LogP contribution >= 0.6 is 0 Å². The Kier molecular flexibility index (Phi) is 8.27. The molecule has 0 aromatic rings. The van der Waals surface area contributed by atoms with Crippen LogP contribution in [0.15, 0.2) is 0 Å². The van der Waals surface area contributed by atoms with Crippen molar-refractivity contribution in [3.8, 4) is 0 Å². The Morgan fingerprint density at radius 3 is 2.43 bits per heavy atom. The topological polar surface area (TPSA) is 61.5 Å². The van der Waals surface area contributed by atoms with Crippen LogP contribution in [0.3, 0.4) is 0 Å². The summed E-state index contributed by atoms with van der Waals surface area (Å²) in [5.74, 6) is 1.94. The fourth-order valence-electron chi connectivity index (χ4n) is 3.30. The summed E-state index contributed by atoms with van der Waals surface area (Å²) in [4.78, 5) is 11.0. The molecule has 0 spiro atoms. The number of hydrogen-bond acceptors (Lipinski definition) is 4. The molecular formula is C17H33NO3. The minimum atomic E-state index is -0.187. The largest absolute Gasteiger partial charge is 0.466 e. The Labute approximate surface area is 129 Å². The SMILES string of the molecule is CC(=O)OCC1C[C@@H](OCCCCCN)C(C)[C@@H](C)[C@H]1C. The molecule has 1 aliphatic carbocycles. The Morgan fingerprint density at radius 1 is 1.10 bits per heavy atom. The van der Waals surface area contributed by atoms with Crippen molar-refractivity contribution in [2.45, 2.75) is 59.5 Å². The van der Waals surface area contributed by atoms with E-state index in [0.717, 1.165) is 38.8 Å². The van der Waals surface area contributed by atoms with E-state index in [2.05, 4.69) is 20.8 Å². The first-order chi connectivity index (χ1) is 9.97. The number of unbranched alkanes of at least 4 members (excludes halogenated alkanes) is 2. The molecule has 0 aliphatic heterocycles. The van der Waals surface area contributed by atoms with Crippen molar-refractivity contribution in [1.29, 1.82) is 0 Å². The van der Waals surface area contributed by atoms with Gasteiger partial charge in [-0.25, -0.2) is 0 Å². The van der Waals surface area contributed by atoms with Gasteiger partial charge < -0.3 is 15.2 Å². The fraction of sp³-hybridized carbons (Fsp3) is 0.941. The predicted molar refractivity (Wildman–Crippen MR) is 84.9 cm³/mol. The molecule has 0 saturated heterocycles. The highest BCUT2D eigenvalue weighted by atomic mass is 16.5. The Bertz CT molecular complexity index is 308. The van der Waals surface area contributed by atoms with Crippen LogP contribution in [-0.4, -0.2) is 31.8 Å². The second kappa shape index (κ2) is 9.42. The molecule has 0 aromatic heterocycles. The molecule has 1 fully saturated rings. The van der Waals surface area contributed by atoms with Crippen molar-refractivity contribution < 1.29 is 14.3 Å². The first kappa shape index (κ1) is 18.4. The van der Waals surface area contributed by atoms with Crippen molar-refractivity contribution in [1.82, 2.24) is 0 Å². The van der Waals surface area contributed by atoms with E-state index in [1.165, 1.54) is 6.92 Å². The van der Waals surface area contributed by atoms with E-state index < -0.39 is 0 Å². The van der Waals surface area contributed by atoms with E-state index in [0.29, 0.717) is 30.3 Å². The summed E-state index contributed by atoms with van der Waals surface area (Å²) >= 11 is 0. The van der Waals surface area contributed by atoms with Crippen LogP contribution in [0.2, 0.25) is 0 Å². The van der Waals surface area contributed by atoms with Crippen LogP contribution in [0.1, 0.15) is 53.4 Å². The Morgan fingerprint density at radius 2 is 1.81 bits per heavy atom. The number of nitrogens with two attached hydrogens (primary N) is 1. The minimum absolute atomic E-state index is 0.187. The van der Waals surface area contributed by atoms with Gasteiger partial charge in [-0.1, -0.05) is 20.8 Å². The number of esters is 1. The molecule has 0 heterocycles. The van der Waals surface area contributed by atoms with Gasteiger partial charge in [-0.2, -0.15) is 0 Å². The zero-order valence-corrected chi connectivity index (χ0v) is 14.1. The van der Waals surface area contributed by atoms with Crippen molar-refractivity contribution >= 4 is 5.97 Å². The van der Waals surface area contributed by atoms with Gasteiger partial charge in [0.25, 0.3) is 0 Å². The molecule has 0 bridgehead atoms. The molecule has 0 radical (unpaired) electrons. The summed E-state index contributed by atoms with van der Waals surface area (Å²) in [6.07, 6.45) is 4.58. The average molecular weight is 299 g/mol. The van der Waals surface area contributed by atoms with Crippen LogP contribution in [-0.2, 0) is 14.3 Å². The normalized spacial score (nSPS) is 32.9. The zero-order valence-electron chi connectivity index (χ0n) is 14.1. The molecule has 5 atom stereocenters. The first-order valence-electron chi connectivity index (χ1n) is 8.42. The summed E-state index contributed by atoms with van der Waals surface area (Å²) < 4.78 is 11.3. The van der Waals surface area contributed by atoms with E-state index in [1.807, 2.05) is 0 Å². The summed E-state index contributed by atoms with van der Waals surface area (Å²) in [5, 5.41) is 0. The van der Waals surface area contributed by atoms with Gasteiger partial charge in [0.1, 0.15) is 0 Å². The molecular weight excluding hydrogens is 266 g/mol. The highest BCUT2D eigenvalue weighted by molar-refractivity contribution is 5.65. The number of rotatable bonds is 8. The van der Waals surface area contributed by atoms with Crippen molar-refractivity contribution in [3.05, 3.63) is 0 Å². The van der Waals surface area contributed by atoms with Gasteiger partial charge in [0.15, 0.2) is 0 Å².